The summed E-state index contributed by atoms with van der Waals surface area (Å²) in [6.45, 7) is 1.36. The molecule has 1 aromatic heterocycles. The van der Waals surface area contributed by atoms with Crippen molar-refractivity contribution in [3.05, 3.63) is 11.8 Å². The highest BCUT2D eigenvalue weighted by atomic mass is 16.3. The predicted molar refractivity (Wildman–Crippen MR) is 94.4 cm³/mol. The lowest BCUT2D eigenvalue weighted by molar-refractivity contribution is -0.0166. The Morgan fingerprint density at radius 2 is 1.88 bits per heavy atom. The number of rotatable bonds is 3. The highest BCUT2D eigenvalue weighted by Gasteiger charge is 2.51. The van der Waals surface area contributed by atoms with Crippen LogP contribution in [-0.4, -0.2) is 45.5 Å². The maximum Gasteiger partial charge on any atom is 0.257 e. The van der Waals surface area contributed by atoms with Crippen LogP contribution in [0.15, 0.2) is 6.20 Å². The average molecular weight is 344 g/mol. The van der Waals surface area contributed by atoms with Gasteiger partial charge in [0, 0.05) is 25.7 Å². The summed E-state index contributed by atoms with van der Waals surface area (Å²) >= 11 is 0. The Kier molecular flexibility index (Phi) is 3.43. The van der Waals surface area contributed by atoms with E-state index in [0.717, 1.165) is 55.8 Å². The van der Waals surface area contributed by atoms with E-state index in [9.17, 15) is 9.90 Å². The molecule has 6 heteroatoms. The fraction of sp³-hybridized carbons (Fsp3) is 0.789. The molecule has 2 heterocycles. The summed E-state index contributed by atoms with van der Waals surface area (Å²) in [7, 11) is 1.88. The van der Waals surface area contributed by atoms with Gasteiger partial charge in [-0.15, -0.1) is 0 Å². The maximum atomic E-state index is 13.1. The first-order valence-electron chi connectivity index (χ1n) is 9.79. The Bertz CT molecular complexity index is 662. The van der Waals surface area contributed by atoms with Crippen molar-refractivity contribution in [3.63, 3.8) is 0 Å². The summed E-state index contributed by atoms with van der Waals surface area (Å²) in [4.78, 5) is 15.2. The molecule has 4 aliphatic carbocycles. The monoisotopic (exact) mass is 344 g/mol. The van der Waals surface area contributed by atoms with E-state index < -0.39 is 0 Å². The largest absolute Gasteiger partial charge is 0.391 e. The maximum absolute atomic E-state index is 13.1. The van der Waals surface area contributed by atoms with Gasteiger partial charge in [-0.2, -0.15) is 5.10 Å². The van der Waals surface area contributed by atoms with E-state index in [1.807, 2.05) is 7.05 Å². The van der Waals surface area contributed by atoms with Crippen LogP contribution in [0, 0.1) is 17.8 Å². The number of anilines is 1. The van der Waals surface area contributed by atoms with Crippen LogP contribution in [0.5, 0.6) is 0 Å². The van der Waals surface area contributed by atoms with Crippen molar-refractivity contribution < 1.29 is 9.90 Å². The van der Waals surface area contributed by atoms with E-state index in [4.69, 9.17) is 0 Å². The lowest BCUT2D eigenvalue weighted by Crippen LogP contribution is -2.59. The molecule has 0 spiro atoms. The molecule has 5 aliphatic rings. The van der Waals surface area contributed by atoms with Gasteiger partial charge >= 0.3 is 0 Å². The first-order chi connectivity index (χ1) is 12.0. The minimum Gasteiger partial charge on any atom is -0.391 e. The van der Waals surface area contributed by atoms with Crippen LogP contribution in [0.1, 0.15) is 55.3 Å². The minimum absolute atomic E-state index is 0.0173. The summed E-state index contributed by atoms with van der Waals surface area (Å²) < 4.78 is 1.77. The first kappa shape index (κ1) is 15.7. The van der Waals surface area contributed by atoms with E-state index in [1.165, 1.54) is 19.3 Å². The number of hydrogen-bond acceptors (Lipinski definition) is 4. The second-order valence-corrected chi connectivity index (χ2v) is 9.05. The van der Waals surface area contributed by atoms with Crippen molar-refractivity contribution in [3.8, 4) is 0 Å². The molecule has 25 heavy (non-hydrogen) atoms. The number of carbonyl (C=O) groups excluding carboxylic acids is 1. The van der Waals surface area contributed by atoms with Gasteiger partial charge in [-0.1, -0.05) is 0 Å². The molecule has 136 valence electrons. The fourth-order valence-corrected chi connectivity index (χ4v) is 6.47. The quantitative estimate of drug-likeness (QED) is 0.875. The van der Waals surface area contributed by atoms with Crippen molar-refractivity contribution >= 4 is 11.7 Å². The minimum atomic E-state index is -0.311. The van der Waals surface area contributed by atoms with Crippen LogP contribution in [0.2, 0.25) is 0 Å². The lowest BCUT2D eigenvalue weighted by Gasteiger charge is -2.56. The van der Waals surface area contributed by atoms with Gasteiger partial charge in [0.25, 0.3) is 5.91 Å². The van der Waals surface area contributed by atoms with E-state index in [2.05, 4.69) is 15.3 Å². The van der Waals surface area contributed by atoms with Crippen molar-refractivity contribution in [2.75, 3.05) is 18.0 Å². The third-order valence-corrected chi connectivity index (χ3v) is 7.03. The van der Waals surface area contributed by atoms with Crippen LogP contribution >= 0.6 is 0 Å². The molecule has 4 saturated carbocycles. The van der Waals surface area contributed by atoms with Gasteiger partial charge in [0.15, 0.2) is 0 Å². The van der Waals surface area contributed by atoms with Crippen LogP contribution in [-0.2, 0) is 7.05 Å². The Hall–Kier alpha value is -1.56. The number of amides is 1. The van der Waals surface area contributed by atoms with Gasteiger partial charge in [-0.25, -0.2) is 0 Å². The smallest absolute Gasteiger partial charge is 0.257 e. The Balaban J connectivity index is 1.39. The van der Waals surface area contributed by atoms with Gasteiger partial charge in [0.05, 0.1) is 12.3 Å². The molecule has 2 N–H and O–H groups in total. The van der Waals surface area contributed by atoms with E-state index >= 15 is 0 Å². The summed E-state index contributed by atoms with van der Waals surface area (Å²) in [5.41, 5.74) is 0.677. The summed E-state index contributed by atoms with van der Waals surface area (Å²) in [6, 6.07) is 0. The molecule has 0 aromatic carbocycles. The molecule has 6 nitrogen and oxygen atoms in total. The summed E-state index contributed by atoms with van der Waals surface area (Å²) in [6.07, 6.45) is 9.72. The second-order valence-electron chi connectivity index (χ2n) is 9.05. The van der Waals surface area contributed by atoms with Crippen molar-refractivity contribution in [2.24, 2.45) is 24.8 Å². The van der Waals surface area contributed by atoms with Gasteiger partial charge < -0.3 is 15.3 Å². The molecule has 1 aromatic rings. The van der Waals surface area contributed by atoms with Crippen LogP contribution in [0.3, 0.4) is 0 Å². The Labute approximate surface area is 148 Å². The van der Waals surface area contributed by atoms with Crippen LogP contribution < -0.4 is 10.2 Å². The average Bonchev–Trinajstić information content (AvgIpc) is 3.11. The van der Waals surface area contributed by atoms with Crippen molar-refractivity contribution in [2.45, 2.75) is 56.6 Å². The number of aromatic nitrogens is 2. The molecule has 6 rings (SSSR count). The molecule has 1 amide bonds. The number of β-amino-alcohol motifs (C(OH)–C–C–N with tert-alkyl or cyclic N) is 1. The molecule has 1 atom stereocenters. The standard InChI is InChI=1S/C19H28N4O2/c1-22-18(23-3-2-15(24)11-23)16(10-20-22)17(25)21-19-7-12-4-13(8-19)6-14(5-12)9-19/h10,12-15,24H,2-9,11H2,1H3,(H,21,25)/t12?,13?,14?,15-,19?/m1/s1. The Morgan fingerprint density at radius 3 is 2.44 bits per heavy atom. The van der Waals surface area contributed by atoms with E-state index in [0.29, 0.717) is 12.1 Å². The Morgan fingerprint density at radius 1 is 1.24 bits per heavy atom. The molecule has 5 fully saturated rings. The predicted octanol–water partition coefficient (Wildman–Crippen LogP) is 1.69. The SMILES string of the molecule is Cn1ncc(C(=O)NC23CC4CC(CC(C4)C2)C3)c1N1CC[C@@H](O)C1. The normalized spacial score (nSPS) is 39.2. The molecule has 4 bridgehead atoms. The molecular weight excluding hydrogens is 316 g/mol. The fourth-order valence-electron chi connectivity index (χ4n) is 6.47. The number of aliphatic hydroxyl groups is 1. The molecule has 1 aliphatic heterocycles. The van der Waals surface area contributed by atoms with Crippen molar-refractivity contribution in [1.29, 1.82) is 0 Å². The molecule has 0 unspecified atom stereocenters. The first-order valence-corrected chi connectivity index (χ1v) is 9.79. The number of nitrogens with one attached hydrogen (secondary N) is 1. The van der Waals surface area contributed by atoms with Gasteiger partial charge in [0.2, 0.25) is 0 Å². The third kappa shape index (κ3) is 2.57. The zero-order chi connectivity index (χ0) is 17.2. The zero-order valence-corrected chi connectivity index (χ0v) is 14.9. The zero-order valence-electron chi connectivity index (χ0n) is 14.9. The highest BCUT2D eigenvalue weighted by Crippen LogP contribution is 2.55. The second kappa shape index (κ2) is 5.47. The van der Waals surface area contributed by atoms with Gasteiger partial charge in [-0.05, 0) is 62.7 Å². The highest BCUT2D eigenvalue weighted by molar-refractivity contribution is 5.99. The van der Waals surface area contributed by atoms with Crippen LogP contribution in [0.4, 0.5) is 5.82 Å². The molecular formula is C19H28N4O2. The van der Waals surface area contributed by atoms with E-state index in [1.54, 1.807) is 10.9 Å². The topological polar surface area (TPSA) is 70.4 Å². The molecule has 1 saturated heterocycles. The van der Waals surface area contributed by atoms with Gasteiger partial charge in [-0.3, -0.25) is 9.48 Å². The number of aliphatic hydroxyl groups excluding tert-OH is 1. The summed E-state index contributed by atoms with van der Waals surface area (Å²) in [5.74, 6) is 3.31. The molecule has 0 radical (unpaired) electrons. The van der Waals surface area contributed by atoms with Gasteiger partial charge in [0.1, 0.15) is 11.4 Å². The van der Waals surface area contributed by atoms with Crippen molar-refractivity contribution in [1.82, 2.24) is 15.1 Å². The summed E-state index contributed by atoms with van der Waals surface area (Å²) in [5, 5.41) is 17.6. The third-order valence-electron chi connectivity index (χ3n) is 7.03. The number of nitrogens with zero attached hydrogens (tertiary/aromatic N) is 3. The van der Waals surface area contributed by atoms with E-state index in [-0.39, 0.29) is 17.6 Å². The number of aryl methyl sites for hydroxylation is 1. The lowest BCUT2D eigenvalue weighted by atomic mass is 9.53. The number of carbonyl (C=O) groups is 1. The number of hydrogen-bond donors (Lipinski definition) is 2. The van der Waals surface area contributed by atoms with Crippen LogP contribution in [0.25, 0.3) is 0 Å².